The zero-order chi connectivity index (χ0) is 21.0. The van der Waals surface area contributed by atoms with Crippen molar-refractivity contribution in [2.75, 3.05) is 25.1 Å². The summed E-state index contributed by atoms with van der Waals surface area (Å²) in [6.45, 7) is 0.144. The number of alkyl halides is 3. The van der Waals surface area contributed by atoms with Gasteiger partial charge in [-0.25, -0.2) is 4.79 Å². The van der Waals surface area contributed by atoms with Crippen molar-refractivity contribution in [2.24, 2.45) is 0 Å². The normalized spacial score (nSPS) is 13.4. The van der Waals surface area contributed by atoms with Crippen molar-refractivity contribution in [2.45, 2.75) is 12.6 Å². The standard InChI is InChI=1S/C19H15ClF3NO5/c20-12-3-4-14(13(9-12)19(21,22)23)24-17(25)10-29-18(26)11-2-5-15-16(8-11)28-7-1-6-27-15/h2-5,8-9H,1,6-7,10H2,(H,24,25). The second kappa shape index (κ2) is 8.60. The van der Waals surface area contributed by atoms with Crippen molar-refractivity contribution >= 4 is 29.2 Å². The molecule has 1 aliphatic rings. The number of carbonyl (C=O) groups excluding carboxylic acids is 2. The van der Waals surface area contributed by atoms with Crippen molar-refractivity contribution < 1.29 is 37.0 Å². The average molecular weight is 430 g/mol. The lowest BCUT2D eigenvalue weighted by Gasteiger charge is -2.14. The van der Waals surface area contributed by atoms with E-state index < -0.39 is 35.9 Å². The third-order valence-corrected chi connectivity index (χ3v) is 4.11. The summed E-state index contributed by atoms with van der Waals surface area (Å²) in [5.74, 6) is -0.903. The van der Waals surface area contributed by atoms with Crippen molar-refractivity contribution in [3.63, 3.8) is 0 Å². The molecular weight excluding hydrogens is 415 g/mol. The number of ether oxygens (including phenoxy) is 3. The molecule has 2 aromatic rings. The van der Waals surface area contributed by atoms with Crippen LogP contribution in [0, 0.1) is 0 Å². The average Bonchev–Trinajstić information content (AvgIpc) is 2.91. The highest BCUT2D eigenvalue weighted by molar-refractivity contribution is 6.30. The Morgan fingerprint density at radius 2 is 1.79 bits per heavy atom. The topological polar surface area (TPSA) is 73.9 Å². The summed E-state index contributed by atoms with van der Waals surface area (Å²) in [5, 5.41) is 1.94. The molecule has 0 aromatic heterocycles. The summed E-state index contributed by atoms with van der Waals surface area (Å²) in [7, 11) is 0. The molecule has 0 aliphatic carbocycles. The molecule has 0 saturated carbocycles. The predicted molar refractivity (Wildman–Crippen MR) is 97.4 cm³/mol. The number of hydrogen-bond acceptors (Lipinski definition) is 5. The van der Waals surface area contributed by atoms with Gasteiger partial charge in [0, 0.05) is 11.4 Å². The summed E-state index contributed by atoms with van der Waals surface area (Å²) < 4.78 is 55.0. The van der Waals surface area contributed by atoms with Crippen LogP contribution in [0.15, 0.2) is 36.4 Å². The van der Waals surface area contributed by atoms with Gasteiger partial charge in [-0.05, 0) is 36.4 Å². The summed E-state index contributed by atoms with van der Waals surface area (Å²) in [6, 6.07) is 7.32. The maximum absolute atomic E-state index is 13.1. The number of hydrogen-bond donors (Lipinski definition) is 1. The van der Waals surface area contributed by atoms with Gasteiger partial charge in [0.05, 0.1) is 30.0 Å². The first kappa shape index (κ1) is 20.8. The second-order valence-electron chi connectivity index (χ2n) is 6.02. The third-order valence-electron chi connectivity index (χ3n) is 3.88. The number of rotatable bonds is 4. The van der Waals surface area contributed by atoms with E-state index in [1.54, 1.807) is 6.07 Å². The van der Waals surface area contributed by atoms with Gasteiger partial charge in [-0.15, -0.1) is 0 Å². The molecule has 1 N–H and O–H groups in total. The minimum absolute atomic E-state index is 0.115. The number of carbonyl (C=O) groups is 2. The van der Waals surface area contributed by atoms with Crippen LogP contribution in [-0.2, 0) is 15.7 Å². The van der Waals surface area contributed by atoms with Gasteiger partial charge in [-0.1, -0.05) is 11.6 Å². The van der Waals surface area contributed by atoms with E-state index in [-0.39, 0.29) is 10.6 Å². The van der Waals surface area contributed by atoms with E-state index in [0.717, 1.165) is 6.07 Å². The van der Waals surface area contributed by atoms with Gasteiger partial charge in [0.25, 0.3) is 5.91 Å². The number of fused-ring (bicyclic) bond motifs is 1. The smallest absolute Gasteiger partial charge is 0.418 e. The van der Waals surface area contributed by atoms with Crippen LogP contribution in [0.2, 0.25) is 5.02 Å². The van der Waals surface area contributed by atoms with Crippen molar-refractivity contribution in [1.29, 1.82) is 0 Å². The molecule has 10 heteroatoms. The van der Waals surface area contributed by atoms with E-state index in [4.69, 9.17) is 25.8 Å². The van der Waals surface area contributed by atoms with Crippen LogP contribution in [0.1, 0.15) is 22.3 Å². The van der Waals surface area contributed by atoms with Crippen LogP contribution >= 0.6 is 11.6 Å². The van der Waals surface area contributed by atoms with E-state index in [9.17, 15) is 22.8 Å². The predicted octanol–water partition coefficient (Wildman–Crippen LogP) is 4.32. The Morgan fingerprint density at radius 1 is 1.07 bits per heavy atom. The molecule has 0 unspecified atom stereocenters. The van der Waals surface area contributed by atoms with E-state index in [1.807, 2.05) is 0 Å². The van der Waals surface area contributed by atoms with E-state index >= 15 is 0 Å². The van der Waals surface area contributed by atoms with Crippen LogP contribution in [0.5, 0.6) is 11.5 Å². The van der Waals surface area contributed by atoms with Crippen LogP contribution < -0.4 is 14.8 Å². The first-order valence-corrected chi connectivity index (χ1v) is 8.85. The molecule has 1 amide bonds. The van der Waals surface area contributed by atoms with Crippen LogP contribution in [0.3, 0.4) is 0 Å². The zero-order valence-corrected chi connectivity index (χ0v) is 15.6. The summed E-state index contributed by atoms with van der Waals surface area (Å²) >= 11 is 5.59. The number of nitrogens with one attached hydrogen (secondary N) is 1. The molecule has 0 saturated heterocycles. The lowest BCUT2D eigenvalue weighted by atomic mass is 10.1. The van der Waals surface area contributed by atoms with E-state index in [2.05, 4.69) is 5.32 Å². The summed E-state index contributed by atoms with van der Waals surface area (Å²) in [5.41, 5.74) is -1.48. The summed E-state index contributed by atoms with van der Waals surface area (Å²) in [6.07, 6.45) is -4.02. The van der Waals surface area contributed by atoms with E-state index in [1.165, 1.54) is 18.2 Å². The molecule has 0 atom stereocenters. The molecule has 154 valence electrons. The van der Waals surface area contributed by atoms with Gasteiger partial charge in [0.1, 0.15) is 0 Å². The molecule has 29 heavy (non-hydrogen) atoms. The second-order valence-corrected chi connectivity index (χ2v) is 6.46. The molecule has 1 heterocycles. The fourth-order valence-electron chi connectivity index (χ4n) is 2.55. The monoisotopic (exact) mass is 429 g/mol. The zero-order valence-electron chi connectivity index (χ0n) is 14.8. The van der Waals surface area contributed by atoms with Gasteiger partial charge >= 0.3 is 12.1 Å². The maximum atomic E-state index is 13.1. The van der Waals surface area contributed by atoms with Gasteiger partial charge in [-0.2, -0.15) is 13.2 Å². The molecule has 0 bridgehead atoms. The van der Waals surface area contributed by atoms with Crippen LogP contribution in [-0.4, -0.2) is 31.7 Å². The Hall–Kier alpha value is -2.94. The van der Waals surface area contributed by atoms with Crippen LogP contribution in [0.25, 0.3) is 0 Å². The lowest BCUT2D eigenvalue weighted by Crippen LogP contribution is -2.22. The number of anilines is 1. The Kier molecular flexibility index (Phi) is 6.17. The molecule has 0 fully saturated rings. The number of halogens is 4. The molecular formula is C19H15ClF3NO5. The van der Waals surface area contributed by atoms with Crippen molar-refractivity contribution in [3.8, 4) is 11.5 Å². The molecule has 0 radical (unpaired) electrons. The fraction of sp³-hybridized carbons (Fsp3) is 0.263. The maximum Gasteiger partial charge on any atom is 0.418 e. The quantitative estimate of drug-likeness (QED) is 0.733. The highest BCUT2D eigenvalue weighted by Gasteiger charge is 2.34. The number of amides is 1. The Labute approximate surface area is 168 Å². The van der Waals surface area contributed by atoms with Crippen LogP contribution in [0.4, 0.5) is 18.9 Å². The largest absolute Gasteiger partial charge is 0.490 e. The van der Waals surface area contributed by atoms with Gasteiger partial charge < -0.3 is 19.5 Å². The molecule has 2 aromatic carbocycles. The molecule has 1 aliphatic heterocycles. The van der Waals surface area contributed by atoms with Crippen molar-refractivity contribution in [3.05, 3.63) is 52.5 Å². The molecule has 6 nitrogen and oxygen atoms in total. The highest BCUT2D eigenvalue weighted by Crippen LogP contribution is 2.36. The minimum atomic E-state index is -4.71. The summed E-state index contributed by atoms with van der Waals surface area (Å²) in [4.78, 5) is 24.1. The third kappa shape index (κ3) is 5.32. The van der Waals surface area contributed by atoms with E-state index in [0.29, 0.717) is 37.2 Å². The minimum Gasteiger partial charge on any atom is -0.490 e. The van der Waals surface area contributed by atoms with Crippen molar-refractivity contribution in [1.82, 2.24) is 0 Å². The Balaban J connectivity index is 1.63. The Bertz CT molecular complexity index is 933. The molecule has 0 spiro atoms. The van der Waals surface area contributed by atoms with Gasteiger partial charge in [0.15, 0.2) is 18.1 Å². The first-order valence-electron chi connectivity index (χ1n) is 8.47. The van der Waals surface area contributed by atoms with Gasteiger partial charge in [0.2, 0.25) is 0 Å². The number of esters is 1. The Morgan fingerprint density at radius 3 is 2.52 bits per heavy atom. The first-order chi connectivity index (χ1) is 13.7. The SMILES string of the molecule is O=C(COC(=O)c1ccc2c(c1)OCCCO2)Nc1ccc(Cl)cc1C(F)(F)F. The molecule has 3 rings (SSSR count). The van der Waals surface area contributed by atoms with Gasteiger partial charge in [-0.3, -0.25) is 4.79 Å². The highest BCUT2D eigenvalue weighted by atomic mass is 35.5. The lowest BCUT2D eigenvalue weighted by molar-refractivity contribution is -0.137. The number of benzene rings is 2. The fourth-order valence-corrected chi connectivity index (χ4v) is 2.72.